The van der Waals surface area contributed by atoms with Crippen molar-refractivity contribution in [3.63, 3.8) is 0 Å². The molecule has 4 amide bonds. The van der Waals surface area contributed by atoms with Crippen molar-refractivity contribution in [3.05, 3.63) is 21.8 Å². The molecule has 0 radical (unpaired) electrons. The van der Waals surface area contributed by atoms with Gasteiger partial charge in [0, 0.05) is 16.7 Å². The first-order valence-electron chi connectivity index (χ1n) is 9.04. The van der Waals surface area contributed by atoms with E-state index >= 15 is 0 Å². The molecule has 2 unspecified atom stereocenters. The van der Waals surface area contributed by atoms with E-state index in [1.165, 1.54) is 0 Å². The Hall–Kier alpha value is -0.580. The van der Waals surface area contributed by atoms with Gasteiger partial charge in [0.1, 0.15) is 0 Å². The van der Waals surface area contributed by atoms with Crippen LogP contribution in [0.5, 0.6) is 0 Å². The second kappa shape index (κ2) is 14.0. The molecule has 0 aliphatic rings. The topological polar surface area (TPSA) is 206 Å². The molecule has 9 N–H and O–H groups in total. The summed E-state index contributed by atoms with van der Waals surface area (Å²) in [6, 6.07) is -0.916. The predicted octanol–water partition coefficient (Wildman–Crippen LogP) is -1.46. The first-order chi connectivity index (χ1) is 15.0. The van der Waals surface area contributed by atoms with E-state index in [2.05, 4.69) is 10.6 Å². The summed E-state index contributed by atoms with van der Waals surface area (Å²) in [6.07, 6.45) is -2.39. The molecule has 12 nitrogen and oxygen atoms in total. The summed E-state index contributed by atoms with van der Waals surface area (Å²) >= 11 is 5.44. The molecule has 1 aromatic carbocycles. The standard InChI is InChI=1S/C17H23I3N4O8/c18-11-9(15(30)22-3-7(28)5-26)12(19)14(24(1-2-25)17(21)32)13(20)10(11)16(31)23-4-8(29)6-27/h7-8,25-29H,1-6H2,(H2,21,32)(H,22,30)(H,23,31). The summed E-state index contributed by atoms with van der Waals surface area (Å²) in [5.41, 5.74) is 5.63. The Labute approximate surface area is 224 Å². The third-order valence-electron chi connectivity index (χ3n) is 4.03. The van der Waals surface area contributed by atoms with E-state index < -0.39 is 49.9 Å². The zero-order valence-electron chi connectivity index (χ0n) is 16.5. The van der Waals surface area contributed by atoms with Crippen LogP contribution in [0.25, 0.3) is 0 Å². The lowest BCUT2D eigenvalue weighted by atomic mass is 10.1. The van der Waals surface area contributed by atoms with Crippen molar-refractivity contribution in [1.82, 2.24) is 10.6 Å². The number of rotatable bonds is 11. The van der Waals surface area contributed by atoms with Crippen LogP contribution in [0, 0.1) is 10.7 Å². The van der Waals surface area contributed by atoms with Crippen molar-refractivity contribution in [2.24, 2.45) is 5.73 Å². The van der Waals surface area contributed by atoms with Gasteiger partial charge in [-0.2, -0.15) is 0 Å². The zero-order chi connectivity index (χ0) is 24.6. The highest BCUT2D eigenvalue weighted by Gasteiger charge is 2.31. The number of hydrogen-bond donors (Lipinski definition) is 8. The molecule has 0 saturated heterocycles. The molecule has 32 heavy (non-hydrogen) atoms. The molecule has 0 spiro atoms. The maximum atomic E-state index is 12.9. The maximum absolute atomic E-state index is 12.9. The number of anilines is 1. The predicted molar refractivity (Wildman–Crippen MR) is 139 cm³/mol. The number of carbonyl (C=O) groups is 3. The van der Waals surface area contributed by atoms with Gasteiger partial charge in [-0.1, -0.05) is 0 Å². The number of aliphatic hydroxyl groups excluding tert-OH is 5. The van der Waals surface area contributed by atoms with E-state index in [1.54, 1.807) is 22.6 Å². The van der Waals surface area contributed by atoms with E-state index in [4.69, 9.17) is 15.9 Å². The Morgan fingerprint density at radius 3 is 1.56 bits per heavy atom. The quantitative estimate of drug-likeness (QED) is 0.124. The minimum absolute atomic E-state index is 0.0174. The fraction of sp³-hybridized carbons (Fsp3) is 0.471. The molecule has 0 heterocycles. The van der Waals surface area contributed by atoms with E-state index in [0.29, 0.717) is 0 Å². The number of nitrogens with one attached hydrogen (secondary N) is 2. The lowest BCUT2D eigenvalue weighted by Gasteiger charge is -2.26. The van der Waals surface area contributed by atoms with Crippen LogP contribution in [0.1, 0.15) is 20.7 Å². The van der Waals surface area contributed by atoms with Gasteiger partial charge in [-0.3, -0.25) is 14.5 Å². The molecule has 0 fully saturated rings. The molecule has 0 bridgehead atoms. The minimum Gasteiger partial charge on any atom is -0.395 e. The second-order valence-electron chi connectivity index (χ2n) is 6.35. The van der Waals surface area contributed by atoms with Crippen LogP contribution < -0.4 is 21.3 Å². The Morgan fingerprint density at radius 2 is 1.25 bits per heavy atom. The van der Waals surface area contributed by atoms with Crippen LogP contribution in [-0.4, -0.2) is 95.0 Å². The van der Waals surface area contributed by atoms with Gasteiger partial charge in [-0.15, -0.1) is 0 Å². The highest BCUT2D eigenvalue weighted by molar-refractivity contribution is 14.1. The van der Waals surface area contributed by atoms with E-state index in [9.17, 15) is 29.7 Å². The highest BCUT2D eigenvalue weighted by Crippen LogP contribution is 2.38. The van der Waals surface area contributed by atoms with Crippen molar-refractivity contribution in [1.29, 1.82) is 0 Å². The molecular weight excluding hydrogens is 769 g/mol. The number of hydrogen-bond acceptors (Lipinski definition) is 8. The van der Waals surface area contributed by atoms with Gasteiger partial charge in [-0.25, -0.2) is 4.79 Å². The third-order valence-corrected chi connectivity index (χ3v) is 7.20. The van der Waals surface area contributed by atoms with Crippen LogP contribution in [0.15, 0.2) is 0 Å². The second-order valence-corrected chi connectivity index (χ2v) is 9.58. The lowest BCUT2D eigenvalue weighted by molar-refractivity contribution is 0.0798. The number of nitrogens with two attached hydrogens (primary N) is 1. The number of aliphatic hydroxyl groups is 5. The molecule has 0 aliphatic heterocycles. The Morgan fingerprint density at radius 1 is 0.844 bits per heavy atom. The van der Waals surface area contributed by atoms with Crippen LogP contribution in [0.2, 0.25) is 0 Å². The van der Waals surface area contributed by atoms with Crippen molar-refractivity contribution < 1.29 is 39.9 Å². The Kier molecular flexibility index (Phi) is 12.9. The minimum atomic E-state index is -1.20. The molecule has 0 aliphatic carbocycles. The van der Waals surface area contributed by atoms with Crippen LogP contribution in [0.3, 0.4) is 0 Å². The summed E-state index contributed by atoms with van der Waals surface area (Å²) in [6.45, 7) is -2.29. The van der Waals surface area contributed by atoms with Crippen LogP contribution in [0.4, 0.5) is 10.5 Å². The molecule has 0 saturated carbocycles. The van der Waals surface area contributed by atoms with E-state index in [0.717, 1.165) is 4.90 Å². The summed E-state index contributed by atoms with van der Waals surface area (Å²) in [5, 5.41) is 51.3. The monoisotopic (exact) mass is 792 g/mol. The number of primary amides is 1. The fourth-order valence-electron chi connectivity index (χ4n) is 2.45. The number of benzene rings is 1. The summed E-state index contributed by atoms with van der Waals surface area (Å²) in [5.74, 6) is -1.36. The SMILES string of the molecule is NC(=O)N(CCO)c1c(I)c(C(=O)NCC(O)CO)c(I)c(C(=O)NCC(O)CO)c1I. The molecule has 180 valence electrons. The Bertz CT molecular complexity index is 805. The van der Waals surface area contributed by atoms with Gasteiger partial charge < -0.3 is 41.9 Å². The molecular formula is C17H23I3N4O8. The molecule has 1 aromatic rings. The molecule has 15 heteroatoms. The fourth-order valence-corrected chi connectivity index (χ4v) is 7.17. The normalized spacial score (nSPS) is 12.8. The molecule has 1 rings (SSSR count). The van der Waals surface area contributed by atoms with E-state index in [-0.39, 0.29) is 47.2 Å². The van der Waals surface area contributed by atoms with Gasteiger partial charge in [0.15, 0.2) is 0 Å². The van der Waals surface area contributed by atoms with Gasteiger partial charge in [0.25, 0.3) is 11.8 Å². The molecule has 2 atom stereocenters. The smallest absolute Gasteiger partial charge is 0.319 e. The lowest BCUT2D eigenvalue weighted by Crippen LogP contribution is -2.41. The van der Waals surface area contributed by atoms with Crippen molar-refractivity contribution in [3.8, 4) is 0 Å². The maximum Gasteiger partial charge on any atom is 0.319 e. The number of halogens is 3. The average Bonchev–Trinajstić information content (AvgIpc) is 2.74. The molecule has 0 aromatic heterocycles. The summed E-state index contributed by atoms with van der Waals surface area (Å²) in [7, 11) is 0. The average molecular weight is 792 g/mol. The Balaban J connectivity index is 3.67. The van der Waals surface area contributed by atoms with Gasteiger partial charge in [-0.05, 0) is 67.8 Å². The third kappa shape index (κ3) is 7.46. The first-order valence-corrected chi connectivity index (χ1v) is 12.3. The number of amides is 4. The van der Waals surface area contributed by atoms with Gasteiger partial charge in [0.2, 0.25) is 0 Å². The van der Waals surface area contributed by atoms with Gasteiger partial charge >= 0.3 is 6.03 Å². The zero-order valence-corrected chi connectivity index (χ0v) is 23.0. The highest BCUT2D eigenvalue weighted by atomic mass is 127. The van der Waals surface area contributed by atoms with Gasteiger partial charge in [0.05, 0.1) is 62.5 Å². The van der Waals surface area contributed by atoms with E-state index in [1.807, 2.05) is 45.2 Å². The number of nitrogens with zero attached hydrogens (tertiary/aromatic N) is 1. The van der Waals surface area contributed by atoms with Crippen LogP contribution >= 0.6 is 67.8 Å². The van der Waals surface area contributed by atoms with Crippen molar-refractivity contribution >= 4 is 91.3 Å². The van der Waals surface area contributed by atoms with Crippen LogP contribution in [-0.2, 0) is 0 Å². The summed E-state index contributed by atoms with van der Waals surface area (Å²) in [4.78, 5) is 38.9. The largest absolute Gasteiger partial charge is 0.395 e. The summed E-state index contributed by atoms with van der Waals surface area (Å²) < 4.78 is 0.763. The van der Waals surface area contributed by atoms with Crippen molar-refractivity contribution in [2.75, 3.05) is 44.4 Å². The van der Waals surface area contributed by atoms with Crippen molar-refractivity contribution in [2.45, 2.75) is 12.2 Å². The number of urea groups is 1. The first kappa shape index (κ1) is 29.5. The number of carbonyl (C=O) groups excluding carboxylic acids is 3.